The third kappa shape index (κ3) is 6.91. The number of ketones is 1. The van der Waals surface area contributed by atoms with Crippen LogP contribution < -0.4 is 10.6 Å². The molecule has 1 aromatic heterocycles. The highest BCUT2D eigenvalue weighted by Crippen LogP contribution is 2.31. The quantitative estimate of drug-likeness (QED) is 0.170. The highest BCUT2D eigenvalue weighted by molar-refractivity contribution is 6.28. The molecule has 2 aromatic carbocycles. The molecule has 42 heavy (non-hydrogen) atoms. The first-order valence-electron chi connectivity index (χ1n) is 13.3. The highest BCUT2D eigenvalue weighted by Gasteiger charge is 2.49. The first kappa shape index (κ1) is 29.8. The standard InChI is InChI=1S/C30H30N6O6/c1-18(2)27(35-28(40)22-13-12-20-10-6-7-11-21(20)33-22)24-16-30(42-36-24,15-19-8-4-3-5-9-19)29(41)34-23(14-26(38)39)25(37)17-32-31/h3-13,17-18,23,27H,14-16H2,1-2H3,(H,34,41)(H,35,40)(H,38,39)/t23-,27-,30?/m0/s1. The Labute approximate surface area is 241 Å². The number of oxime groups is 1. The van der Waals surface area contributed by atoms with Gasteiger partial charge in [0.25, 0.3) is 17.6 Å². The lowest BCUT2D eigenvalue weighted by Gasteiger charge is -2.28. The Kier molecular flexibility index (Phi) is 9.18. The van der Waals surface area contributed by atoms with Crippen molar-refractivity contribution in [2.45, 2.75) is 50.8 Å². The molecule has 12 nitrogen and oxygen atoms in total. The van der Waals surface area contributed by atoms with E-state index >= 15 is 0 Å². The number of para-hydroxylation sites is 1. The van der Waals surface area contributed by atoms with E-state index in [4.69, 9.17) is 10.4 Å². The fraction of sp³-hybridized carbons (Fsp3) is 0.300. The van der Waals surface area contributed by atoms with Gasteiger partial charge in [0.1, 0.15) is 11.7 Å². The third-order valence-electron chi connectivity index (χ3n) is 6.91. The fourth-order valence-electron chi connectivity index (χ4n) is 4.77. The molecule has 3 N–H and O–H groups in total. The van der Waals surface area contributed by atoms with Crippen molar-refractivity contribution in [3.8, 4) is 0 Å². The van der Waals surface area contributed by atoms with Crippen LogP contribution in [-0.4, -0.2) is 68.1 Å². The maximum Gasteiger partial charge on any atom is 0.325 e. The molecule has 3 atom stereocenters. The Morgan fingerprint density at radius 3 is 2.45 bits per heavy atom. The molecule has 0 bridgehead atoms. The number of fused-ring (bicyclic) bond motifs is 1. The Morgan fingerprint density at radius 2 is 1.76 bits per heavy atom. The van der Waals surface area contributed by atoms with Crippen LogP contribution >= 0.6 is 0 Å². The van der Waals surface area contributed by atoms with Crippen molar-refractivity contribution >= 4 is 46.4 Å². The number of pyridine rings is 1. The van der Waals surface area contributed by atoms with Crippen LogP contribution in [0.2, 0.25) is 0 Å². The number of aromatic nitrogens is 1. The summed E-state index contributed by atoms with van der Waals surface area (Å²) in [5.41, 5.74) is 9.13. The molecule has 4 rings (SSSR count). The van der Waals surface area contributed by atoms with Crippen molar-refractivity contribution in [3.63, 3.8) is 0 Å². The summed E-state index contributed by atoms with van der Waals surface area (Å²) in [4.78, 5) is 63.7. The number of Topliss-reactive ketones (excluding diaryl/α,β-unsaturated/α-hetero) is 1. The molecule has 0 saturated carbocycles. The molecule has 0 radical (unpaired) electrons. The van der Waals surface area contributed by atoms with Crippen LogP contribution in [0.4, 0.5) is 0 Å². The van der Waals surface area contributed by atoms with Gasteiger partial charge in [-0.3, -0.25) is 19.2 Å². The van der Waals surface area contributed by atoms with E-state index in [0.717, 1.165) is 10.9 Å². The molecule has 1 aliphatic heterocycles. The van der Waals surface area contributed by atoms with Crippen LogP contribution in [0.25, 0.3) is 16.4 Å². The van der Waals surface area contributed by atoms with E-state index in [2.05, 4.69) is 25.6 Å². The number of nitrogens with one attached hydrogen (secondary N) is 2. The summed E-state index contributed by atoms with van der Waals surface area (Å²) in [6.07, 6.45) is -0.223. The molecular formula is C30H30N6O6. The molecule has 12 heteroatoms. The zero-order valence-electron chi connectivity index (χ0n) is 23.1. The van der Waals surface area contributed by atoms with Gasteiger partial charge < -0.3 is 26.1 Å². The number of hydrogen-bond acceptors (Lipinski definition) is 7. The summed E-state index contributed by atoms with van der Waals surface area (Å²) in [6.45, 7) is 3.77. The number of benzene rings is 2. The summed E-state index contributed by atoms with van der Waals surface area (Å²) in [5, 5.41) is 19.8. The smallest absolute Gasteiger partial charge is 0.325 e. The fourth-order valence-corrected chi connectivity index (χ4v) is 4.77. The van der Waals surface area contributed by atoms with Gasteiger partial charge in [-0.05, 0) is 23.6 Å². The largest absolute Gasteiger partial charge is 0.481 e. The number of amides is 2. The molecule has 2 heterocycles. The second kappa shape index (κ2) is 13.0. The lowest BCUT2D eigenvalue weighted by molar-refractivity contribution is -0.147. The molecule has 3 aromatic rings. The van der Waals surface area contributed by atoms with Gasteiger partial charge in [-0.2, -0.15) is 4.79 Å². The van der Waals surface area contributed by atoms with Crippen LogP contribution in [0.5, 0.6) is 0 Å². The van der Waals surface area contributed by atoms with Crippen LogP contribution in [0.3, 0.4) is 0 Å². The maximum atomic E-state index is 13.7. The summed E-state index contributed by atoms with van der Waals surface area (Å²) in [6, 6.07) is 17.7. The van der Waals surface area contributed by atoms with Gasteiger partial charge >= 0.3 is 12.2 Å². The van der Waals surface area contributed by atoms with Gasteiger partial charge in [0, 0.05) is 18.2 Å². The number of carboxylic acids is 1. The van der Waals surface area contributed by atoms with Gasteiger partial charge in [-0.25, -0.2) is 4.98 Å². The molecule has 0 fully saturated rings. The van der Waals surface area contributed by atoms with Crippen molar-refractivity contribution < 1.29 is 33.9 Å². The van der Waals surface area contributed by atoms with E-state index in [-0.39, 0.29) is 24.5 Å². The third-order valence-corrected chi connectivity index (χ3v) is 6.91. The van der Waals surface area contributed by atoms with Crippen molar-refractivity contribution in [3.05, 3.63) is 83.5 Å². The minimum absolute atomic E-state index is 0.0414. The number of nitrogens with zero attached hydrogens (tertiary/aromatic N) is 4. The number of carboxylic acid groups (broad SMARTS) is 1. The van der Waals surface area contributed by atoms with Crippen molar-refractivity contribution in [1.29, 1.82) is 0 Å². The Morgan fingerprint density at radius 1 is 1.05 bits per heavy atom. The summed E-state index contributed by atoms with van der Waals surface area (Å²) < 4.78 is 0. The molecule has 0 aliphatic carbocycles. The molecule has 216 valence electrons. The minimum atomic E-state index is -1.65. The summed E-state index contributed by atoms with van der Waals surface area (Å²) in [5.74, 6) is -3.61. The van der Waals surface area contributed by atoms with Crippen LogP contribution in [0.1, 0.15) is 42.7 Å². The van der Waals surface area contributed by atoms with E-state index in [9.17, 15) is 24.3 Å². The second-order valence-electron chi connectivity index (χ2n) is 10.4. The van der Waals surface area contributed by atoms with Gasteiger partial charge in [0.2, 0.25) is 5.60 Å². The monoisotopic (exact) mass is 570 g/mol. The van der Waals surface area contributed by atoms with E-state index in [0.29, 0.717) is 17.4 Å². The second-order valence-corrected chi connectivity index (χ2v) is 10.4. The number of rotatable bonds is 12. The van der Waals surface area contributed by atoms with Crippen LogP contribution in [-0.2, 0) is 25.6 Å². The Balaban J connectivity index is 1.60. The molecule has 0 saturated heterocycles. The minimum Gasteiger partial charge on any atom is -0.481 e. The van der Waals surface area contributed by atoms with E-state index in [1.54, 1.807) is 30.3 Å². The topological polar surface area (TPSA) is 183 Å². The lowest BCUT2D eigenvalue weighted by Crippen LogP contribution is -2.55. The summed E-state index contributed by atoms with van der Waals surface area (Å²) >= 11 is 0. The molecule has 1 aliphatic rings. The number of hydrogen-bond donors (Lipinski definition) is 3. The molecular weight excluding hydrogens is 540 g/mol. The number of carbonyl (C=O) groups is 4. The van der Waals surface area contributed by atoms with Crippen molar-refractivity contribution in [1.82, 2.24) is 15.6 Å². The number of carbonyl (C=O) groups excluding carboxylic acids is 3. The summed E-state index contributed by atoms with van der Waals surface area (Å²) in [7, 11) is 0. The molecule has 2 amide bonds. The van der Waals surface area contributed by atoms with Crippen molar-refractivity contribution in [2.24, 2.45) is 11.1 Å². The Bertz CT molecular complexity index is 1580. The average molecular weight is 571 g/mol. The van der Waals surface area contributed by atoms with Gasteiger partial charge in [-0.1, -0.05) is 73.6 Å². The van der Waals surface area contributed by atoms with Crippen LogP contribution in [0, 0.1) is 5.92 Å². The highest BCUT2D eigenvalue weighted by atomic mass is 16.7. The average Bonchev–Trinajstić information content (AvgIpc) is 3.40. The number of aliphatic carboxylic acids is 1. The predicted molar refractivity (Wildman–Crippen MR) is 153 cm³/mol. The zero-order valence-corrected chi connectivity index (χ0v) is 23.1. The Hall–Kier alpha value is -5.22. The van der Waals surface area contributed by atoms with E-state index in [1.165, 1.54) is 0 Å². The SMILES string of the molecule is CC(C)[C@H](NC(=O)c1ccc2ccccc2n1)C1=NOC(Cc2ccccc2)(C(=O)N[C@@H](CC(=O)O)C(=O)C=[N+]=[N-])C1. The van der Waals surface area contributed by atoms with E-state index < -0.39 is 47.7 Å². The van der Waals surface area contributed by atoms with E-state index in [1.807, 2.05) is 50.2 Å². The van der Waals surface area contributed by atoms with Crippen LogP contribution in [0.15, 0.2) is 71.9 Å². The lowest BCUT2D eigenvalue weighted by atomic mass is 9.84. The first-order valence-corrected chi connectivity index (χ1v) is 13.3. The van der Waals surface area contributed by atoms with Crippen molar-refractivity contribution in [2.75, 3.05) is 0 Å². The van der Waals surface area contributed by atoms with Gasteiger partial charge in [-0.15, -0.1) is 0 Å². The zero-order chi connectivity index (χ0) is 30.3. The molecule has 0 spiro atoms. The van der Waals surface area contributed by atoms with Gasteiger partial charge in [0.15, 0.2) is 0 Å². The predicted octanol–water partition coefficient (Wildman–Crippen LogP) is 2.58. The van der Waals surface area contributed by atoms with Gasteiger partial charge in [0.05, 0.1) is 23.7 Å². The normalized spacial score (nSPS) is 17.4. The first-order chi connectivity index (χ1) is 20.1. The molecule has 1 unspecified atom stereocenters. The maximum absolute atomic E-state index is 13.7.